The number of halogens is 3. The average molecular weight is 382 g/mol. The van der Waals surface area contributed by atoms with E-state index in [1.54, 1.807) is 13.2 Å². The van der Waals surface area contributed by atoms with E-state index in [4.69, 9.17) is 4.74 Å². The first-order chi connectivity index (χ1) is 13.5. The number of fused-ring (bicyclic) bond motifs is 1. The number of rotatable bonds is 3. The first-order valence-electron chi connectivity index (χ1n) is 9.36. The monoisotopic (exact) mass is 382 g/mol. The third-order valence-electron chi connectivity index (χ3n) is 5.64. The fourth-order valence-electron chi connectivity index (χ4n) is 4.28. The van der Waals surface area contributed by atoms with Gasteiger partial charge in [0.25, 0.3) is 0 Å². The molecule has 0 saturated heterocycles. The SMILES string of the molecule is COc1ccc([C@@H]2c3ccc(C(F)(F)F)cc3CC[C@@H]2c2ccccc2)cc1. The van der Waals surface area contributed by atoms with Crippen molar-refractivity contribution >= 4 is 0 Å². The molecule has 0 heterocycles. The largest absolute Gasteiger partial charge is 0.497 e. The quantitative estimate of drug-likeness (QED) is 0.497. The second kappa shape index (κ2) is 7.34. The first kappa shape index (κ1) is 18.6. The molecule has 4 heteroatoms. The van der Waals surface area contributed by atoms with Crippen LogP contribution in [0.1, 0.15) is 46.1 Å². The van der Waals surface area contributed by atoms with Gasteiger partial charge in [-0.1, -0.05) is 48.5 Å². The van der Waals surface area contributed by atoms with Crippen LogP contribution in [0.25, 0.3) is 0 Å². The molecular weight excluding hydrogens is 361 g/mol. The van der Waals surface area contributed by atoms with Gasteiger partial charge in [-0.05, 0) is 65.3 Å². The van der Waals surface area contributed by atoms with E-state index in [2.05, 4.69) is 12.1 Å². The topological polar surface area (TPSA) is 9.23 Å². The van der Waals surface area contributed by atoms with E-state index in [9.17, 15) is 13.2 Å². The summed E-state index contributed by atoms with van der Waals surface area (Å²) in [6.45, 7) is 0. The molecule has 0 radical (unpaired) electrons. The molecule has 0 fully saturated rings. The summed E-state index contributed by atoms with van der Waals surface area (Å²) in [5.74, 6) is 1.00. The van der Waals surface area contributed by atoms with Crippen LogP contribution in [0.4, 0.5) is 13.2 Å². The van der Waals surface area contributed by atoms with Gasteiger partial charge in [0.1, 0.15) is 5.75 Å². The van der Waals surface area contributed by atoms with Crippen molar-refractivity contribution in [1.82, 2.24) is 0 Å². The summed E-state index contributed by atoms with van der Waals surface area (Å²) in [6.07, 6.45) is -2.86. The van der Waals surface area contributed by atoms with Crippen molar-refractivity contribution in [2.75, 3.05) is 7.11 Å². The molecule has 0 aliphatic heterocycles. The lowest BCUT2D eigenvalue weighted by Crippen LogP contribution is -2.21. The molecule has 4 rings (SSSR count). The summed E-state index contributed by atoms with van der Waals surface area (Å²) in [5, 5.41) is 0. The molecule has 2 atom stereocenters. The van der Waals surface area contributed by atoms with E-state index in [-0.39, 0.29) is 11.8 Å². The number of benzene rings is 3. The minimum Gasteiger partial charge on any atom is -0.497 e. The molecule has 3 aromatic carbocycles. The standard InChI is InChI=1S/C24H21F3O/c1-28-20-11-7-17(8-12-20)23-21(16-5-3-2-4-6-16)13-9-18-15-19(24(25,26)27)10-14-22(18)23/h2-8,10-12,14-15,21,23H,9,13H2,1H3/t21-,23+/m1/s1. The second-order valence-electron chi connectivity index (χ2n) is 7.22. The predicted molar refractivity (Wildman–Crippen MR) is 104 cm³/mol. The number of hydrogen-bond acceptors (Lipinski definition) is 1. The summed E-state index contributed by atoms with van der Waals surface area (Å²) < 4.78 is 44.8. The molecule has 0 amide bonds. The van der Waals surface area contributed by atoms with Gasteiger partial charge in [0.2, 0.25) is 0 Å². The summed E-state index contributed by atoms with van der Waals surface area (Å²) in [6, 6.07) is 22.3. The van der Waals surface area contributed by atoms with Crippen molar-refractivity contribution in [1.29, 1.82) is 0 Å². The highest BCUT2D eigenvalue weighted by atomic mass is 19.4. The third kappa shape index (κ3) is 3.51. The highest BCUT2D eigenvalue weighted by Gasteiger charge is 2.35. The Balaban J connectivity index is 1.82. The number of ether oxygens (including phenoxy) is 1. The molecule has 28 heavy (non-hydrogen) atoms. The van der Waals surface area contributed by atoms with Gasteiger partial charge in [-0.2, -0.15) is 13.2 Å². The first-order valence-corrected chi connectivity index (χ1v) is 9.36. The molecule has 1 nitrogen and oxygen atoms in total. The van der Waals surface area contributed by atoms with Gasteiger partial charge in [0.05, 0.1) is 12.7 Å². The predicted octanol–water partition coefficient (Wildman–Crippen LogP) is 6.58. The number of methoxy groups -OCH3 is 1. The maximum atomic E-state index is 13.2. The Morgan fingerprint density at radius 1 is 0.857 bits per heavy atom. The van der Waals surface area contributed by atoms with Gasteiger partial charge in [-0.15, -0.1) is 0 Å². The number of aryl methyl sites for hydroxylation is 1. The Kier molecular flexibility index (Phi) is 4.88. The van der Waals surface area contributed by atoms with Gasteiger partial charge in [-0.25, -0.2) is 0 Å². The Morgan fingerprint density at radius 3 is 2.21 bits per heavy atom. The van der Waals surface area contributed by atoms with Crippen LogP contribution in [0.3, 0.4) is 0 Å². The molecule has 1 aliphatic rings. The van der Waals surface area contributed by atoms with Gasteiger partial charge in [-0.3, -0.25) is 0 Å². The van der Waals surface area contributed by atoms with Crippen LogP contribution in [0, 0.1) is 0 Å². The molecular formula is C24H21F3O. The van der Waals surface area contributed by atoms with Crippen molar-refractivity contribution < 1.29 is 17.9 Å². The minimum absolute atomic E-state index is 0.0133. The summed E-state index contributed by atoms with van der Waals surface area (Å²) in [4.78, 5) is 0. The van der Waals surface area contributed by atoms with Gasteiger partial charge in [0.15, 0.2) is 0 Å². The highest BCUT2D eigenvalue weighted by Crippen LogP contribution is 2.47. The van der Waals surface area contributed by atoms with E-state index in [1.807, 2.05) is 42.5 Å². The van der Waals surface area contributed by atoms with E-state index in [1.165, 1.54) is 17.7 Å². The summed E-state index contributed by atoms with van der Waals surface area (Å²) in [7, 11) is 1.62. The molecule has 144 valence electrons. The number of alkyl halides is 3. The fourth-order valence-corrected chi connectivity index (χ4v) is 4.28. The summed E-state index contributed by atoms with van der Waals surface area (Å²) in [5.41, 5.74) is 3.52. The second-order valence-corrected chi connectivity index (χ2v) is 7.22. The van der Waals surface area contributed by atoms with Gasteiger partial charge in [0, 0.05) is 5.92 Å². The molecule has 0 N–H and O–H groups in total. The Morgan fingerprint density at radius 2 is 1.57 bits per heavy atom. The summed E-state index contributed by atoms with van der Waals surface area (Å²) >= 11 is 0. The maximum Gasteiger partial charge on any atom is 0.416 e. The average Bonchev–Trinajstić information content (AvgIpc) is 2.72. The zero-order chi connectivity index (χ0) is 19.7. The maximum absolute atomic E-state index is 13.2. The van der Waals surface area contributed by atoms with Gasteiger partial charge >= 0.3 is 6.18 Å². The van der Waals surface area contributed by atoms with Crippen LogP contribution in [-0.2, 0) is 12.6 Å². The van der Waals surface area contributed by atoms with Crippen LogP contribution < -0.4 is 4.74 Å². The van der Waals surface area contributed by atoms with Crippen LogP contribution in [0.15, 0.2) is 72.8 Å². The van der Waals surface area contributed by atoms with E-state index < -0.39 is 11.7 Å². The Hall–Kier alpha value is -2.75. The lowest BCUT2D eigenvalue weighted by atomic mass is 9.69. The Labute approximate surface area is 162 Å². The van der Waals surface area contributed by atoms with Crippen LogP contribution >= 0.6 is 0 Å². The smallest absolute Gasteiger partial charge is 0.416 e. The number of hydrogen-bond donors (Lipinski definition) is 0. The Bertz CT molecular complexity index is 946. The van der Waals surface area contributed by atoms with Crippen LogP contribution in [0.2, 0.25) is 0 Å². The van der Waals surface area contributed by atoms with Gasteiger partial charge < -0.3 is 4.74 Å². The minimum atomic E-state index is -4.32. The molecule has 0 aromatic heterocycles. The zero-order valence-corrected chi connectivity index (χ0v) is 15.5. The van der Waals surface area contributed by atoms with E-state index in [0.717, 1.165) is 28.9 Å². The van der Waals surface area contributed by atoms with Crippen molar-refractivity contribution in [3.8, 4) is 5.75 Å². The van der Waals surface area contributed by atoms with E-state index in [0.29, 0.717) is 6.42 Å². The fraction of sp³-hybridized carbons (Fsp3) is 0.250. The van der Waals surface area contributed by atoms with Crippen LogP contribution in [0.5, 0.6) is 5.75 Å². The zero-order valence-electron chi connectivity index (χ0n) is 15.5. The lowest BCUT2D eigenvalue weighted by molar-refractivity contribution is -0.137. The van der Waals surface area contributed by atoms with Crippen molar-refractivity contribution in [2.24, 2.45) is 0 Å². The van der Waals surface area contributed by atoms with Crippen molar-refractivity contribution in [2.45, 2.75) is 30.9 Å². The van der Waals surface area contributed by atoms with Crippen molar-refractivity contribution in [3.63, 3.8) is 0 Å². The molecule has 0 spiro atoms. The van der Waals surface area contributed by atoms with Crippen LogP contribution in [-0.4, -0.2) is 7.11 Å². The van der Waals surface area contributed by atoms with E-state index >= 15 is 0 Å². The lowest BCUT2D eigenvalue weighted by Gasteiger charge is -2.35. The third-order valence-corrected chi connectivity index (χ3v) is 5.64. The normalized spacial score (nSPS) is 19.1. The molecule has 3 aromatic rings. The highest BCUT2D eigenvalue weighted by molar-refractivity contribution is 5.47. The molecule has 0 saturated carbocycles. The molecule has 1 aliphatic carbocycles. The molecule has 0 bridgehead atoms. The molecule has 0 unspecified atom stereocenters. The van der Waals surface area contributed by atoms with Crippen molar-refractivity contribution in [3.05, 3.63) is 101 Å².